The van der Waals surface area contributed by atoms with Gasteiger partial charge in [0.05, 0.1) is 26.3 Å². The van der Waals surface area contributed by atoms with E-state index < -0.39 is 12.0 Å². The minimum atomic E-state index is -2.71. The Morgan fingerprint density at radius 2 is 2.03 bits per heavy atom. The van der Waals surface area contributed by atoms with E-state index in [9.17, 15) is 13.6 Å². The first-order chi connectivity index (χ1) is 15.0. The molecule has 5 heterocycles. The van der Waals surface area contributed by atoms with Crippen molar-refractivity contribution in [3.63, 3.8) is 0 Å². The van der Waals surface area contributed by atoms with Gasteiger partial charge in [0.1, 0.15) is 23.7 Å². The molecule has 11 heteroatoms. The third-order valence-corrected chi connectivity index (χ3v) is 5.90. The van der Waals surface area contributed by atoms with Crippen molar-refractivity contribution < 1.29 is 18.3 Å². The van der Waals surface area contributed by atoms with Crippen molar-refractivity contribution in [3.8, 4) is 0 Å². The van der Waals surface area contributed by atoms with E-state index in [-0.39, 0.29) is 38.1 Å². The molecule has 0 radical (unpaired) electrons. The number of allylic oxidation sites excluding steroid dienone is 2. The van der Waals surface area contributed by atoms with Gasteiger partial charge in [-0.15, -0.1) is 0 Å². The number of alkyl halides is 2. The number of carbonyl (C=O) groups is 1. The van der Waals surface area contributed by atoms with Gasteiger partial charge in [0.15, 0.2) is 6.04 Å². The molecular formula is C20H25F2N7O2. The van der Waals surface area contributed by atoms with E-state index in [0.29, 0.717) is 30.7 Å². The topological polar surface area (TPSA) is 84.8 Å². The number of morpholine rings is 1. The number of aliphatic imine (C=N–C) groups is 1. The monoisotopic (exact) mass is 433 g/mol. The van der Waals surface area contributed by atoms with Crippen LogP contribution in [-0.2, 0) is 9.53 Å². The Bertz CT molecular complexity index is 892. The van der Waals surface area contributed by atoms with Crippen LogP contribution in [0.5, 0.6) is 0 Å². The standard InChI is InChI=1S/C20H25F2N7O2/c21-20(22)6-7-28(13-20)18-5-4-16-23-12-14(29(16)26-18)19(30)25-15-2-1-3-17(24-15)27-8-10-31-11-9-27/h1-5,14,17,24H,6-13H2,(H,25,30). The number of nitrogens with one attached hydrogen (secondary N) is 2. The van der Waals surface area contributed by atoms with Crippen molar-refractivity contribution in [1.29, 1.82) is 0 Å². The zero-order chi connectivity index (χ0) is 21.4. The predicted octanol–water partition coefficient (Wildman–Crippen LogP) is 0.0687. The van der Waals surface area contributed by atoms with Gasteiger partial charge in [0.2, 0.25) is 0 Å². The van der Waals surface area contributed by atoms with Crippen LogP contribution in [0.2, 0.25) is 0 Å². The normalized spacial score (nSPS) is 29.8. The van der Waals surface area contributed by atoms with Crippen molar-refractivity contribution in [3.05, 3.63) is 36.2 Å². The van der Waals surface area contributed by atoms with Crippen LogP contribution in [-0.4, -0.2) is 96.5 Å². The largest absolute Gasteiger partial charge is 0.379 e. The molecule has 0 aliphatic carbocycles. The lowest BCUT2D eigenvalue weighted by atomic mass is 10.2. The Hall–Kier alpha value is -2.79. The van der Waals surface area contributed by atoms with Crippen molar-refractivity contribution in [2.75, 3.05) is 45.9 Å². The van der Waals surface area contributed by atoms with Gasteiger partial charge in [0, 0.05) is 26.1 Å². The second-order valence-corrected chi connectivity index (χ2v) is 8.07. The second kappa shape index (κ2) is 8.04. The molecule has 2 unspecified atom stereocenters. The molecule has 0 aromatic heterocycles. The van der Waals surface area contributed by atoms with Crippen molar-refractivity contribution >= 4 is 17.6 Å². The Balaban J connectivity index is 1.23. The van der Waals surface area contributed by atoms with Crippen LogP contribution in [0.15, 0.2) is 46.3 Å². The number of halogens is 2. The van der Waals surface area contributed by atoms with Gasteiger partial charge in [-0.25, -0.2) is 13.8 Å². The number of carbonyl (C=O) groups excluding carboxylic acids is 1. The first-order valence-corrected chi connectivity index (χ1v) is 10.5. The summed E-state index contributed by atoms with van der Waals surface area (Å²) in [4.78, 5) is 21.2. The van der Waals surface area contributed by atoms with Gasteiger partial charge in [-0.05, 0) is 24.3 Å². The Labute approximate surface area is 178 Å². The molecule has 0 bridgehead atoms. The molecule has 0 aromatic rings. The fraction of sp³-hybridized carbons (Fsp3) is 0.550. The van der Waals surface area contributed by atoms with Gasteiger partial charge in [0.25, 0.3) is 11.8 Å². The molecule has 1 amide bonds. The molecule has 2 fully saturated rings. The summed E-state index contributed by atoms with van der Waals surface area (Å²) in [5.41, 5.74) is 0. The summed E-state index contributed by atoms with van der Waals surface area (Å²) in [6.45, 7) is 3.14. The summed E-state index contributed by atoms with van der Waals surface area (Å²) in [5.74, 6) is -1.37. The molecule has 2 N–H and O–H groups in total. The zero-order valence-electron chi connectivity index (χ0n) is 17.0. The molecule has 9 nitrogen and oxygen atoms in total. The Morgan fingerprint density at radius 3 is 2.81 bits per heavy atom. The average molecular weight is 433 g/mol. The molecular weight excluding hydrogens is 408 g/mol. The molecule has 2 saturated heterocycles. The van der Waals surface area contributed by atoms with Gasteiger partial charge in [-0.3, -0.25) is 14.7 Å². The van der Waals surface area contributed by atoms with Gasteiger partial charge in [-0.2, -0.15) is 5.10 Å². The first kappa shape index (κ1) is 20.1. The van der Waals surface area contributed by atoms with Crippen molar-refractivity contribution in [2.45, 2.75) is 24.6 Å². The summed E-state index contributed by atoms with van der Waals surface area (Å²) < 4.78 is 32.6. The van der Waals surface area contributed by atoms with Crippen LogP contribution in [0.1, 0.15) is 6.42 Å². The van der Waals surface area contributed by atoms with E-state index in [0.717, 1.165) is 13.1 Å². The SMILES string of the molecule is O=C(NC1=CC=CC(N2CCOCC2)N1)C1CN=C2C=CC(N3CCC(F)(F)C3)=NN21. The number of amidine groups is 2. The smallest absolute Gasteiger partial charge is 0.266 e. The molecule has 166 valence electrons. The first-order valence-electron chi connectivity index (χ1n) is 10.5. The molecule has 31 heavy (non-hydrogen) atoms. The fourth-order valence-electron chi connectivity index (χ4n) is 4.20. The number of ether oxygens (including phenoxy) is 1. The van der Waals surface area contributed by atoms with E-state index >= 15 is 0 Å². The number of amides is 1. The van der Waals surface area contributed by atoms with Crippen molar-refractivity contribution in [2.24, 2.45) is 10.1 Å². The minimum Gasteiger partial charge on any atom is -0.379 e. The van der Waals surface area contributed by atoms with Crippen LogP contribution in [0.25, 0.3) is 0 Å². The van der Waals surface area contributed by atoms with Crippen LogP contribution >= 0.6 is 0 Å². The summed E-state index contributed by atoms with van der Waals surface area (Å²) in [7, 11) is 0. The minimum absolute atomic E-state index is 0.0148. The number of rotatable bonds is 3. The zero-order valence-corrected chi connectivity index (χ0v) is 17.0. The van der Waals surface area contributed by atoms with Crippen LogP contribution < -0.4 is 10.6 Å². The summed E-state index contributed by atoms with van der Waals surface area (Å²) in [5, 5.41) is 12.2. The third kappa shape index (κ3) is 4.19. The van der Waals surface area contributed by atoms with Crippen molar-refractivity contribution in [1.82, 2.24) is 25.4 Å². The number of hydrogen-bond acceptors (Lipinski definition) is 8. The number of likely N-dealkylation sites (tertiary alicyclic amines) is 1. The summed E-state index contributed by atoms with van der Waals surface area (Å²) in [6, 6.07) is -0.631. The number of hydrazone groups is 1. The van der Waals surface area contributed by atoms with E-state index in [2.05, 4.69) is 25.6 Å². The third-order valence-electron chi connectivity index (χ3n) is 5.90. The average Bonchev–Trinajstić information content (AvgIpc) is 3.37. The molecule has 5 aliphatic heterocycles. The van der Waals surface area contributed by atoms with Gasteiger partial charge < -0.3 is 20.3 Å². The predicted molar refractivity (Wildman–Crippen MR) is 110 cm³/mol. The maximum absolute atomic E-state index is 13.6. The number of nitrogens with zero attached hydrogens (tertiary/aromatic N) is 5. The Morgan fingerprint density at radius 1 is 1.23 bits per heavy atom. The molecule has 5 rings (SSSR count). The summed E-state index contributed by atoms with van der Waals surface area (Å²) in [6.07, 6.45) is 8.96. The highest BCUT2D eigenvalue weighted by atomic mass is 19.3. The fourth-order valence-corrected chi connectivity index (χ4v) is 4.20. The lowest BCUT2D eigenvalue weighted by Gasteiger charge is -2.35. The molecule has 0 spiro atoms. The maximum Gasteiger partial charge on any atom is 0.266 e. The van der Waals surface area contributed by atoms with Gasteiger partial charge >= 0.3 is 0 Å². The van der Waals surface area contributed by atoms with Crippen LogP contribution in [0, 0.1) is 0 Å². The molecule has 5 aliphatic rings. The van der Waals surface area contributed by atoms with Gasteiger partial charge in [-0.1, -0.05) is 6.08 Å². The van der Waals surface area contributed by atoms with E-state index in [1.807, 2.05) is 18.2 Å². The highest BCUT2D eigenvalue weighted by Crippen LogP contribution is 2.28. The highest BCUT2D eigenvalue weighted by molar-refractivity contribution is 6.07. The van der Waals surface area contributed by atoms with E-state index in [4.69, 9.17) is 4.74 Å². The van der Waals surface area contributed by atoms with Crippen LogP contribution in [0.4, 0.5) is 8.78 Å². The van der Waals surface area contributed by atoms with E-state index in [1.165, 1.54) is 5.01 Å². The number of dihydropyridines is 1. The number of fused-ring (bicyclic) bond motifs is 1. The maximum atomic E-state index is 13.6. The molecule has 2 atom stereocenters. The Kier molecular flexibility index (Phi) is 5.22. The summed E-state index contributed by atoms with van der Waals surface area (Å²) >= 11 is 0. The number of hydrogen-bond donors (Lipinski definition) is 2. The van der Waals surface area contributed by atoms with E-state index in [1.54, 1.807) is 17.1 Å². The molecule has 0 saturated carbocycles. The lowest BCUT2D eigenvalue weighted by Crippen LogP contribution is -2.53. The highest BCUT2D eigenvalue weighted by Gasteiger charge is 2.41. The quantitative estimate of drug-likeness (QED) is 0.656. The lowest BCUT2D eigenvalue weighted by molar-refractivity contribution is -0.123. The molecule has 0 aromatic carbocycles. The van der Waals surface area contributed by atoms with Crippen LogP contribution in [0.3, 0.4) is 0 Å². The second-order valence-electron chi connectivity index (χ2n) is 8.07.